The minimum Gasteiger partial charge on any atom is -0.453 e. The summed E-state index contributed by atoms with van der Waals surface area (Å²) in [6.07, 6.45) is -0.766. The molecule has 132 valence electrons. The van der Waals surface area contributed by atoms with Gasteiger partial charge in [0, 0.05) is 23.6 Å². The second kappa shape index (κ2) is 6.06. The van der Waals surface area contributed by atoms with Gasteiger partial charge in [0.05, 0.1) is 7.11 Å². The summed E-state index contributed by atoms with van der Waals surface area (Å²) in [6, 6.07) is 10.4. The Labute approximate surface area is 141 Å². The number of halogens is 4. The first-order valence-electron chi connectivity index (χ1n) is 7.57. The predicted octanol–water partition coefficient (Wildman–Crippen LogP) is 4.37. The van der Waals surface area contributed by atoms with Crippen LogP contribution >= 0.6 is 0 Å². The zero-order valence-corrected chi connectivity index (χ0v) is 13.2. The fraction of sp³-hybridized carbons (Fsp3) is 0.278. The molecule has 3 rings (SSSR count). The molecule has 0 fully saturated rings. The Morgan fingerprint density at radius 3 is 1.84 bits per heavy atom. The summed E-state index contributed by atoms with van der Waals surface area (Å²) < 4.78 is 63.2. The maximum absolute atomic E-state index is 14.7. The number of hydrogen-bond acceptors (Lipinski definition) is 2. The lowest BCUT2D eigenvalue weighted by atomic mass is 9.88. The molecule has 0 spiro atoms. The smallest absolute Gasteiger partial charge is 0.406 e. The van der Waals surface area contributed by atoms with E-state index in [0.29, 0.717) is 0 Å². The quantitative estimate of drug-likeness (QED) is 0.814. The number of carbonyl (C=O) groups excluding carboxylic acids is 1. The summed E-state index contributed by atoms with van der Waals surface area (Å²) in [7, 11) is 1.16. The monoisotopic (exact) mass is 353 g/mol. The molecule has 2 aromatic carbocycles. The van der Waals surface area contributed by atoms with Crippen molar-refractivity contribution in [1.82, 2.24) is 5.32 Å². The van der Waals surface area contributed by atoms with Crippen LogP contribution in [0.4, 0.5) is 22.4 Å². The van der Waals surface area contributed by atoms with Gasteiger partial charge >= 0.3 is 17.9 Å². The SMILES string of the molecule is COC(=O)NCC1c2ccccc2C(F)(F)C(F)(F)c2ccccc21. The average Bonchev–Trinajstić information content (AvgIpc) is 2.66. The molecule has 0 saturated heterocycles. The van der Waals surface area contributed by atoms with Crippen molar-refractivity contribution in [3.63, 3.8) is 0 Å². The zero-order valence-electron chi connectivity index (χ0n) is 13.2. The van der Waals surface area contributed by atoms with E-state index in [-0.39, 0.29) is 17.7 Å². The Morgan fingerprint density at radius 2 is 1.40 bits per heavy atom. The molecule has 0 radical (unpaired) electrons. The Hall–Kier alpha value is -2.57. The molecule has 3 nitrogen and oxygen atoms in total. The number of amides is 1. The van der Waals surface area contributed by atoms with E-state index in [4.69, 9.17) is 0 Å². The van der Waals surface area contributed by atoms with Crippen molar-refractivity contribution in [2.24, 2.45) is 0 Å². The summed E-state index contributed by atoms with van der Waals surface area (Å²) in [4.78, 5) is 11.4. The second-order valence-electron chi connectivity index (χ2n) is 5.75. The molecular weight excluding hydrogens is 338 g/mol. The molecule has 0 aromatic heterocycles. The normalized spacial score (nSPS) is 17.8. The predicted molar refractivity (Wildman–Crippen MR) is 82.9 cm³/mol. The van der Waals surface area contributed by atoms with Crippen molar-refractivity contribution < 1.29 is 27.1 Å². The van der Waals surface area contributed by atoms with Gasteiger partial charge in [0.25, 0.3) is 0 Å². The molecule has 1 aliphatic rings. The fourth-order valence-corrected chi connectivity index (χ4v) is 3.16. The van der Waals surface area contributed by atoms with E-state index < -0.39 is 35.0 Å². The molecule has 0 heterocycles. The lowest BCUT2D eigenvalue weighted by Gasteiger charge is -2.26. The van der Waals surface area contributed by atoms with E-state index in [9.17, 15) is 22.4 Å². The number of benzene rings is 2. The number of methoxy groups -OCH3 is 1. The molecule has 2 aromatic rings. The van der Waals surface area contributed by atoms with Gasteiger partial charge in [0.15, 0.2) is 0 Å². The van der Waals surface area contributed by atoms with Gasteiger partial charge < -0.3 is 10.1 Å². The van der Waals surface area contributed by atoms with Gasteiger partial charge in [-0.1, -0.05) is 48.5 Å². The highest BCUT2D eigenvalue weighted by molar-refractivity contribution is 5.67. The van der Waals surface area contributed by atoms with Gasteiger partial charge in [-0.3, -0.25) is 0 Å². The molecule has 0 bridgehead atoms. The van der Waals surface area contributed by atoms with Crippen molar-refractivity contribution in [2.45, 2.75) is 17.8 Å². The largest absolute Gasteiger partial charge is 0.453 e. The van der Waals surface area contributed by atoms with E-state index in [1.807, 2.05) is 0 Å². The third-order valence-electron chi connectivity index (χ3n) is 4.38. The topological polar surface area (TPSA) is 38.3 Å². The third-order valence-corrected chi connectivity index (χ3v) is 4.38. The number of carbonyl (C=O) groups is 1. The van der Waals surface area contributed by atoms with E-state index in [2.05, 4.69) is 10.1 Å². The number of hydrogen-bond donors (Lipinski definition) is 1. The standard InChI is InChI=1S/C18H15F4NO2/c1-25-16(24)23-10-13-11-6-2-4-8-14(11)17(19,20)18(21,22)15-9-5-3-7-12(13)15/h2-9,13H,10H2,1H3,(H,23,24). The molecule has 0 aliphatic heterocycles. The number of rotatable bonds is 2. The van der Waals surface area contributed by atoms with Crippen LogP contribution in [0.3, 0.4) is 0 Å². The Morgan fingerprint density at radius 1 is 0.960 bits per heavy atom. The van der Waals surface area contributed by atoms with Gasteiger partial charge in [-0.15, -0.1) is 0 Å². The molecular formula is C18H15F4NO2. The molecule has 0 unspecified atom stereocenters. The lowest BCUT2D eigenvalue weighted by molar-refractivity contribution is -0.223. The highest BCUT2D eigenvalue weighted by Gasteiger charge is 2.62. The van der Waals surface area contributed by atoms with Gasteiger partial charge in [-0.25, -0.2) is 4.79 Å². The van der Waals surface area contributed by atoms with Crippen molar-refractivity contribution in [2.75, 3.05) is 13.7 Å². The minimum atomic E-state index is -4.38. The number of alkyl carbamates (subject to hydrolysis) is 1. The first-order chi connectivity index (χ1) is 11.8. The number of ether oxygens (including phenoxy) is 1. The maximum atomic E-state index is 14.7. The van der Waals surface area contributed by atoms with Crippen LogP contribution in [-0.2, 0) is 16.6 Å². The van der Waals surface area contributed by atoms with Crippen LogP contribution in [0.15, 0.2) is 48.5 Å². The van der Waals surface area contributed by atoms with Crippen molar-refractivity contribution in [3.8, 4) is 0 Å². The van der Waals surface area contributed by atoms with Gasteiger partial charge in [-0.2, -0.15) is 17.6 Å². The van der Waals surface area contributed by atoms with Crippen molar-refractivity contribution >= 4 is 6.09 Å². The zero-order chi connectivity index (χ0) is 18.2. The second-order valence-corrected chi connectivity index (χ2v) is 5.75. The Kier molecular flexibility index (Phi) is 4.18. The van der Waals surface area contributed by atoms with Gasteiger partial charge in [0.1, 0.15) is 0 Å². The Balaban J connectivity index is 2.23. The highest BCUT2D eigenvalue weighted by Crippen LogP contribution is 2.55. The van der Waals surface area contributed by atoms with Crippen molar-refractivity contribution in [3.05, 3.63) is 70.8 Å². The van der Waals surface area contributed by atoms with Gasteiger partial charge in [0.2, 0.25) is 0 Å². The van der Waals surface area contributed by atoms with Crippen LogP contribution in [0.25, 0.3) is 0 Å². The van der Waals surface area contributed by atoms with E-state index in [1.165, 1.54) is 36.4 Å². The summed E-state index contributed by atoms with van der Waals surface area (Å²) in [5, 5.41) is 2.42. The van der Waals surface area contributed by atoms with Crippen LogP contribution in [0, 0.1) is 0 Å². The third kappa shape index (κ3) is 2.63. The molecule has 1 amide bonds. The summed E-state index contributed by atoms with van der Waals surface area (Å²) >= 11 is 0. The van der Waals surface area contributed by atoms with Crippen LogP contribution in [0.1, 0.15) is 28.2 Å². The van der Waals surface area contributed by atoms with E-state index >= 15 is 0 Å². The first kappa shape index (κ1) is 17.3. The van der Waals surface area contributed by atoms with Crippen LogP contribution in [0.5, 0.6) is 0 Å². The van der Waals surface area contributed by atoms with E-state index in [1.54, 1.807) is 0 Å². The van der Waals surface area contributed by atoms with Gasteiger partial charge in [-0.05, 0) is 11.1 Å². The maximum Gasteiger partial charge on any atom is 0.406 e. The molecule has 1 aliphatic carbocycles. The summed E-state index contributed by atoms with van der Waals surface area (Å²) in [5.74, 6) is -9.61. The fourth-order valence-electron chi connectivity index (χ4n) is 3.16. The first-order valence-corrected chi connectivity index (χ1v) is 7.57. The highest BCUT2D eigenvalue weighted by atomic mass is 19.3. The summed E-state index contributed by atoms with van der Waals surface area (Å²) in [5.41, 5.74) is -1.39. The molecule has 1 N–H and O–H groups in total. The summed E-state index contributed by atoms with van der Waals surface area (Å²) in [6.45, 7) is -0.146. The van der Waals surface area contributed by atoms with Crippen LogP contribution in [-0.4, -0.2) is 19.7 Å². The molecule has 25 heavy (non-hydrogen) atoms. The molecule has 0 atom stereocenters. The Bertz CT molecular complexity index is 750. The average molecular weight is 353 g/mol. The molecule has 7 heteroatoms. The van der Waals surface area contributed by atoms with Crippen LogP contribution in [0.2, 0.25) is 0 Å². The van der Waals surface area contributed by atoms with E-state index in [0.717, 1.165) is 19.2 Å². The minimum absolute atomic E-state index is 0.0496. The number of fused-ring (bicyclic) bond motifs is 2. The van der Waals surface area contributed by atoms with Crippen molar-refractivity contribution in [1.29, 1.82) is 0 Å². The van der Waals surface area contributed by atoms with Crippen LogP contribution < -0.4 is 5.32 Å². The number of alkyl halides is 4. The number of nitrogens with one attached hydrogen (secondary N) is 1. The molecule has 0 saturated carbocycles. The lowest BCUT2D eigenvalue weighted by Crippen LogP contribution is -2.35.